The molecular formula is C3H8N2O2S. The third-order valence-electron chi connectivity index (χ3n) is 0.561. The number of hydrogen-bond donors (Lipinski definition) is 4. The predicted octanol–water partition coefficient (Wildman–Crippen LogP) is -0.903. The van der Waals surface area contributed by atoms with Crippen LogP contribution in [0, 0.1) is 0 Å². The van der Waals surface area contributed by atoms with E-state index in [-0.39, 0.29) is 0 Å². The third-order valence-corrected chi connectivity index (χ3v) is 0.764. The molecule has 1 atom stereocenters. The summed E-state index contributed by atoms with van der Waals surface area (Å²) in [6.45, 7) is 1.36. The van der Waals surface area contributed by atoms with E-state index in [0.717, 1.165) is 0 Å². The second-order valence-electron chi connectivity index (χ2n) is 1.59. The van der Waals surface area contributed by atoms with Gasteiger partial charge in [0.25, 0.3) is 5.91 Å². The molecule has 0 saturated heterocycles. The van der Waals surface area contributed by atoms with Gasteiger partial charge in [0.15, 0.2) is 0 Å². The average molecular weight is 136 g/mol. The fourth-order valence-corrected chi connectivity index (χ4v) is 0.163. The zero-order valence-electron chi connectivity index (χ0n) is 4.38. The molecule has 0 aliphatic heterocycles. The summed E-state index contributed by atoms with van der Waals surface area (Å²) in [5.41, 5.74) is 6.45. The number of nitrogens with two attached hydrogens (primary N) is 1. The number of hydroxylamine groups is 1. The molecule has 0 bridgehead atoms. The third kappa shape index (κ3) is 2.15. The van der Waals surface area contributed by atoms with Crippen LogP contribution < -0.4 is 11.2 Å². The van der Waals surface area contributed by atoms with Gasteiger partial charge in [0.2, 0.25) is 0 Å². The Balaban J connectivity index is 3.82. The quantitative estimate of drug-likeness (QED) is 0.163. The lowest BCUT2D eigenvalue weighted by atomic mass is 10.3. The van der Waals surface area contributed by atoms with Gasteiger partial charge in [0, 0.05) is 0 Å². The van der Waals surface area contributed by atoms with Crippen molar-refractivity contribution in [2.45, 2.75) is 11.8 Å². The Labute approximate surface area is 52.4 Å². The van der Waals surface area contributed by atoms with Crippen LogP contribution in [0.15, 0.2) is 0 Å². The van der Waals surface area contributed by atoms with E-state index in [2.05, 4.69) is 12.6 Å². The summed E-state index contributed by atoms with van der Waals surface area (Å²) in [6, 6.07) is 0. The molecule has 8 heavy (non-hydrogen) atoms. The normalized spacial score (nSPS) is 17.0. The van der Waals surface area contributed by atoms with Crippen LogP contribution in [-0.2, 0) is 4.79 Å². The molecule has 0 rings (SSSR count). The Hall–Kier alpha value is -0.260. The molecule has 4 nitrogen and oxygen atoms in total. The summed E-state index contributed by atoms with van der Waals surface area (Å²) in [4.78, 5) is 8.97. The maximum atomic E-state index is 10.3. The fourth-order valence-electron chi connectivity index (χ4n) is 0.113. The molecule has 0 saturated carbocycles. The van der Waals surface area contributed by atoms with Crippen LogP contribution in [0.4, 0.5) is 0 Å². The van der Waals surface area contributed by atoms with Gasteiger partial charge in [0.1, 0.15) is 4.87 Å². The number of carbonyl (C=O) groups is 1. The Bertz CT molecular complexity index is 97.9. The van der Waals surface area contributed by atoms with Gasteiger partial charge >= 0.3 is 0 Å². The number of thiol groups is 1. The van der Waals surface area contributed by atoms with Crippen molar-refractivity contribution in [3.63, 3.8) is 0 Å². The maximum absolute atomic E-state index is 10.3. The average Bonchev–Trinajstić information content (AvgIpc) is 1.62. The minimum Gasteiger partial charge on any atom is -0.309 e. The summed E-state index contributed by atoms with van der Waals surface area (Å²) < 4.78 is 0. The molecule has 0 aliphatic rings. The van der Waals surface area contributed by atoms with Crippen molar-refractivity contribution in [3.8, 4) is 0 Å². The zero-order valence-corrected chi connectivity index (χ0v) is 5.27. The van der Waals surface area contributed by atoms with Gasteiger partial charge < -0.3 is 5.73 Å². The summed E-state index contributed by atoms with van der Waals surface area (Å²) in [5, 5.41) is 7.94. The largest absolute Gasteiger partial charge is 0.309 e. The minimum atomic E-state index is -1.30. The molecule has 1 unspecified atom stereocenters. The molecule has 0 aromatic rings. The molecule has 1 amide bonds. The van der Waals surface area contributed by atoms with Crippen molar-refractivity contribution in [1.29, 1.82) is 0 Å². The van der Waals surface area contributed by atoms with Crippen LogP contribution in [-0.4, -0.2) is 16.0 Å². The van der Waals surface area contributed by atoms with Gasteiger partial charge in [-0.3, -0.25) is 10.0 Å². The van der Waals surface area contributed by atoms with Crippen molar-refractivity contribution in [3.05, 3.63) is 0 Å². The molecule has 5 heteroatoms. The zero-order chi connectivity index (χ0) is 6.78. The Morgan fingerprint density at radius 3 is 2.38 bits per heavy atom. The van der Waals surface area contributed by atoms with Crippen LogP contribution in [0.25, 0.3) is 0 Å². The van der Waals surface area contributed by atoms with Crippen LogP contribution >= 0.6 is 12.6 Å². The van der Waals surface area contributed by atoms with Crippen LogP contribution in [0.2, 0.25) is 0 Å². The molecule has 0 heterocycles. The van der Waals surface area contributed by atoms with Crippen LogP contribution in [0.5, 0.6) is 0 Å². The predicted molar refractivity (Wildman–Crippen MR) is 31.5 cm³/mol. The van der Waals surface area contributed by atoms with E-state index in [1.54, 1.807) is 0 Å². The maximum Gasteiger partial charge on any atom is 0.273 e. The monoisotopic (exact) mass is 136 g/mol. The van der Waals surface area contributed by atoms with Crippen molar-refractivity contribution in [2.24, 2.45) is 5.73 Å². The Morgan fingerprint density at radius 1 is 2.00 bits per heavy atom. The molecule has 0 fully saturated rings. The highest BCUT2D eigenvalue weighted by atomic mass is 32.1. The molecule has 0 aliphatic carbocycles. The van der Waals surface area contributed by atoms with Gasteiger partial charge in [-0.25, -0.2) is 5.48 Å². The summed E-state index contributed by atoms with van der Waals surface area (Å²) in [5.74, 6) is -0.721. The first-order valence-corrected chi connectivity index (χ1v) is 2.39. The molecule has 0 spiro atoms. The van der Waals surface area contributed by atoms with E-state index >= 15 is 0 Å². The summed E-state index contributed by atoms with van der Waals surface area (Å²) >= 11 is 3.64. The van der Waals surface area contributed by atoms with Crippen molar-refractivity contribution < 1.29 is 10.0 Å². The topological polar surface area (TPSA) is 75.4 Å². The van der Waals surface area contributed by atoms with Crippen molar-refractivity contribution in [1.82, 2.24) is 5.48 Å². The molecule has 0 aromatic heterocycles. The number of carbonyl (C=O) groups excluding carboxylic acids is 1. The van der Waals surface area contributed by atoms with Gasteiger partial charge in [-0.05, 0) is 6.92 Å². The smallest absolute Gasteiger partial charge is 0.273 e. The van der Waals surface area contributed by atoms with Gasteiger partial charge in [-0.1, -0.05) is 0 Å². The molecule has 0 radical (unpaired) electrons. The molecule has 0 aromatic carbocycles. The van der Waals surface area contributed by atoms with E-state index in [1.807, 2.05) is 0 Å². The highest BCUT2D eigenvalue weighted by Crippen LogP contribution is 2.01. The van der Waals surface area contributed by atoms with Gasteiger partial charge in [-0.2, -0.15) is 0 Å². The van der Waals surface area contributed by atoms with E-state index in [0.29, 0.717) is 0 Å². The lowest BCUT2D eigenvalue weighted by Gasteiger charge is -2.12. The number of hydrogen-bond acceptors (Lipinski definition) is 4. The standard InChI is InChI=1S/C3H8N2O2S/c1-3(4,8)2(6)5-7/h7-8H,4H2,1H3,(H,5,6). The second-order valence-corrected chi connectivity index (χ2v) is 2.52. The van der Waals surface area contributed by atoms with E-state index < -0.39 is 10.8 Å². The highest BCUT2D eigenvalue weighted by molar-refractivity contribution is 7.82. The minimum absolute atomic E-state index is 0.721. The number of amides is 1. The lowest BCUT2D eigenvalue weighted by molar-refractivity contribution is -0.131. The second kappa shape index (κ2) is 2.34. The number of nitrogens with one attached hydrogen (secondary N) is 1. The van der Waals surface area contributed by atoms with E-state index in [1.165, 1.54) is 12.4 Å². The molecular weight excluding hydrogens is 128 g/mol. The van der Waals surface area contributed by atoms with E-state index in [4.69, 9.17) is 10.9 Å². The first kappa shape index (κ1) is 7.74. The summed E-state index contributed by atoms with van der Waals surface area (Å²) in [7, 11) is 0. The van der Waals surface area contributed by atoms with Gasteiger partial charge in [0.05, 0.1) is 0 Å². The van der Waals surface area contributed by atoms with Crippen molar-refractivity contribution in [2.75, 3.05) is 0 Å². The Morgan fingerprint density at radius 2 is 2.38 bits per heavy atom. The van der Waals surface area contributed by atoms with Gasteiger partial charge in [-0.15, -0.1) is 12.6 Å². The van der Waals surface area contributed by atoms with Crippen molar-refractivity contribution >= 4 is 18.5 Å². The number of rotatable bonds is 1. The highest BCUT2D eigenvalue weighted by Gasteiger charge is 2.21. The summed E-state index contributed by atoms with van der Waals surface area (Å²) in [6.07, 6.45) is 0. The van der Waals surface area contributed by atoms with Crippen LogP contribution in [0.3, 0.4) is 0 Å². The van der Waals surface area contributed by atoms with Crippen LogP contribution in [0.1, 0.15) is 6.92 Å². The van der Waals surface area contributed by atoms with E-state index in [9.17, 15) is 4.79 Å². The SMILES string of the molecule is CC(N)(S)C(=O)NO. The first-order valence-electron chi connectivity index (χ1n) is 1.94. The first-order chi connectivity index (χ1) is 3.48. The molecule has 48 valence electrons. The lowest BCUT2D eigenvalue weighted by Crippen LogP contribution is -2.45. The fraction of sp³-hybridized carbons (Fsp3) is 0.667. The molecule has 4 N–H and O–H groups in total. The Kier molecular flexibility index (Phi) is 2.26.